The van der Waals surface area contributed by atoms with Crippen molar-refractivity contribution in [3.05, 3.63) is 59.7 Å². The van der Waals surface area contributed by atoms with Gasteiger partial charge < -0.3 is 10.6 Å². The molecule has 1 heterocycles. The maximum Gasteiger partial charge on any atom is 0.239 e. The second kappa shape index (κ2) is 11.8. The predicted molar refractivity (Wildman–Crippen MR) is 131 cm³/mol. The molecule has 5 nitrogen and oxygen atoms in total. The van der Waals surface area contributed by atoms with Crippen molar-refractivity contribution in [2.45, 2.75) is 49.7 Å². The molecule has 3 aromatic rings. The highest BCUT2D eigenvalue weighted by molar-refractivity contribution is 8.00. The van der Waals surface area contributed by atoms with Crippen LogP contribution in [0.1, 0.15) is 39.5 Å². The second-order valence-corrected chi connectivity index (χ2v) is 9.36. The summed E-state index contributed by atoms with van der Waals surface area (Å²) in [6, 6.07) is 13.6. The summed E-state index contributed by atoms with van der Waals surface area (Å²) >= 11 is 2.79. The molecular formula is C24H26FN3O2S2. The Hall–Kier alpha value is -2.71. The summed E-state index contributed by atoms with van der Waals surface area (Å²) in [6.07, 6.45) is 2.97. The van der Waals surface area contributed by atoms with Gasteiger partial charge in [0.2, 0.25) is 11.8 Å². The van der Waals surface area contributed by atoms with E-state index in [4.69, 9.17) is 0 Å². The van der Waals surface area contributed by atoms with Crippen LogP contribution in [0.15, 0.2) is 58.8 Å². The molecule has 0 fully saturated rings. The largest absolute Gasteiger partial charge is 0.326 e. The lowest BCUT2D eigenvalue weighted by molar-refractivity contribution is -0.116. The van der Waals surface area contributed by atoms with Crippen LogP contribution in [0, 0.1) is 5.82 Å². The highest BCUT2D eigenvalue weighted by Crippen LogP contribution is 2.30. The fraction of sp³-hybridized carbons (Fsp3) is 0.292. The molecule has 0 spiro atoms. The Morgan fingerprint density at radius 2 is 1.91 bits per heavy atom. The lowest BCUT2D eigenvalue weighted by Crippen LogP contribution is -2.24. The first-order valence-electron chi connectivity index (χ1n) is 10.6. The number of carbonyl (C=O) groups excluding carboxylic acids is 2. The van der Waals surface area contributed by atoms with Gasteiger partial charge in [-0.3, -0.25) is 9.59 Å². The summed E-state index contributed by atoms with van der Waals surface area (Å²) in [4.78, 5) is 30.2. The quantitative estimate of drug-likeness (QED) is 0.327. The zero-order chi connectivity index (χ0) is 22.9. The summed E-state index contributed by atoms with van der Waals surface area (Å²) in [5.41, 5.74) is 2.22. The lowest BCUT2D eigenvalue weighted by Gasteiger charge is -2.14. The van der Waals surface area contributed by atoms with Crippen molar-refractivity contribution in [1.29, 1.82) is 0 Å². The van der Waals surface area contributed by atoms with Gasteiger partial charge >= 0.3 is 0 Å². The third-order valence-electron chi connectivity index (χ3n) is 4.69. The van der Waals surface area contributed by atoms with Gasteiger partial charge in [-0.1, -0.05) is 26.3 Å². The van der Waals surface area contributed by atoms with Crippen LogP contribution in [0.4, 0.5) is 15.2 Å². The van der Waals surface area contributed by atoms with E-state index in [2.05, 4.69) is 22.5 Å². The highest BCUT2D eigenvalue weighted by atomic mass is 32.2. The Labute approximate surface area is 195 Å². The molecule has 1 aromatic heterocycles. The number of nitrogens with one attached hydrogen (secondary N) is 2. The minimum Gasteiger partial charge on any atom is -0.326 e. The van der Waals surface area contributed by atoms with Gasteiger partial charge in [0.15, 0.2) is 5.13 Å². The summed E-state index contributed by atoms with van der Waals surface area (Å²) in [5.74, 6) is -0.431. The van der Waals surface area contributed by atoms with Crippen molar-refractivity contribution < 1.29 is 14.0 Å². The van der Waals surface area contributed by atoms with Crippen molar-refractivity contribution in [2.75, 3.05) is 10.6 Å². The number of thioether (sulfide) groups is 1. The zero-order valence-corrected chi connectivity index (χ0v) is 19.7. The summed E-state index contributed by atoms with van der Waals surface area (Å²) < 4.78 is 13.1. The molecule has 0 aliphatic rings. The third kappa shape index (κ3) is 6.90. The van der Waals surface area contributed by atoms with Crippen molar-refractivity contribution in [3.8, 4) is 11.3 Å². The summed E-state index contributed by atoms with van der Waals surface area (Å²) in [7, 11) is 0. The number of rotatable bonds is 10. The minimum atomic E-state index is -0.306. The van der Waals surface area contributed by atoms with Crippen LogP contribution in [0.2, 0.25) is 0 Å². The van der Waals surface area contributed by atoms with Gasteiger partial charge in [-0.15, -0.1) is 23.1 Å². The molecule has 168 valence electrons. The molecule has 1 atom stereocenters. The van der Waals surface area contributed by atoms with Crippen LogP contribution >= 0.6 is 23.1 Å². The molecule has 0 saturated heterocycles. The van der Waals surface area contributed by atoms with Crippen LogP contribution < -0.4 is 10.6 Å². The van der Waals surface area contributed by atoms with Crippen molar-refractivity contribution in [2.24, 2.45) is 0 Å². The lowest BCUT2D eigenvalue weighted by atomic mass is 10.2. The molecule has 0 aliphatic carbocycles. The molecule has 0 radical (unpaired) electrons. The number of thiazole rings is 1. The fourth-order valence-electron chi connectivity index (χ4n) is 2.96. The van der Waals surface area contributed by atoms with Crippen LogP contribution in [0.5, 0.6) is 0 Å². The Balaban J connectivity index is 1.61. The summed E-state index contributed by atoms with van der Waals surface area (Å²) in [6.45, 7) is 4.01. The molecule has 1 unspecified atom stereocenters. The SMILES string of the molecule is CCCCC(=O)Nc1cccc(SC(CC)C(=O)Nc2nc(-c3ccc(F)cc3)cs2)c1. The Bertz CT molecular complexity index is 1050. The molecule has 32 heavy (non-hydrogen) atoms. The molecular weight excluding hydrogens is 445 g/mol. The maximum atomic E-state index is 13.1. The van der Waals surface area contributed by atoms with E-state index in [0.29, 0.717) is 23.7 Å². The van der Waals surface area contributed by atoms with Gasteiger partial charge in [0.05, 0.1) is 10.9 Å². The van der Waals surface area contributed by atoms with Crippen LogP contribution in [0.25, 0.3) is 11.3 Å². The van der Waals surface area contributed by atoms with Gasteiger partial charge in [-0.2, -0.15) is 0 Å². The molecule has 2 aromatic carbocycles. The molecule has 8 heteroatoms. The summed E-state index contributed by atoms with van der Waals surface area (Å²) in [5, 5.41) is 7.84. The zero-order valence-electron chi connectivity index (χ0n) is 18.1. The molecule has 0 bridgehead atoms. The van der Waals surface area contributed by atoms with Crippen molar-refractivity contribution in [3.63, 3.8) is 0 Å². The van der Waals surface area contributed by atoms with Gasteiger partial charge in [-0.05, 0) is 55.3 Å². The van der Waals surface area contributed by atoms with E-state index in [9.17, 15) is 14.0 Å². The average Bonchev–Trinajstić information content (AvgIpc) is 3.25. The number of benzene rings is 2. The first kappa shape index (κ1) is 23.9. The second-order valence-electron chi connectivity index (χ2n) is 7.23. The Morgan fingerprint density at radius 1 is 1.12 bits per heavy atom. The van der Waals surface area contributed by atoms with Gasteiger partial charge in [0.25, 0.3) is 0 Å². The number of aromatic nitrogens is 1. The standard InChI is InChI=1S/C24H26FN3O2S2/c1-3-5-9-22(29)26-18-7-6-8-19(14-18)32-21(4-2)23(30)28-24-27-20(15-31-24)16-10-12-17(25)13-11-16/h6-8,10-15,21H,3-5,9H2,1-2H3,(H,26,29)(H,27,28,30). The monoisotopic (exact) mass is 471 g/mol. The number of halogens is 1. The molecule has 2 N–H and O–H groups in total. The Morgan fingerprint density at radius 3 is 2.62 bits per heavy atom. The van der Waals surface area contributed by atoms with Gasteiger partial charge in [0.1, 0.15) is 5.82 Å². The molecule has 2 amide bonds. The van der Waals surface area contributed by atoms with Crippen molar-refractivity contribution >= 4 is 45.7 Å². The Kier molecular flexibility index (Phi) is 8.81. The number of hydrogen-bond donors (Lipinski definition) is 2. The number of unbranched alkanes of at least 4 members (excludes halogenated alkanes) is 1. The van der Waals surface area contributed by atoms with E-state index in [-0.39, 0.29) is 22.9 Å². The molecule has 0 saturated carbocycles. The van der Waals surface area contributed by atoms with Gasteiger partial charge in [-0.25, -0.2) is 9.37 Å². The van der Waals surface area contributed by atoms with Crippen LogP contribution in [-0.2, 0) is 9.59 Å². The fourth-order valence-corrected chi connectivity index (χ4v) is 4.70. The number of anilines is 2. The van der Waals surface area contributed by atoms with Gasteiger partial charge in [0, 0.05) is 27.9 Å². The third-order valence-corrected chi connectivity index (χ3v) is 6.81. The highest BCUT2D eigenvalue weighted by Gasteiger charge is 2.20. The molecule has 3 rings (SSSR count). The van der Waals surface area contributed by atoms with Crippen molar-refractivity contribution in [1.82, 2.24) is 4.98 Å². The number of carbonyl (C=O) groups is 2. The van der Waals surface area contributed by atoms with E-state index in [0.717, 1.165) is 29.0 Å². The first-order valence-corrected chi connectivity index (χ1v) is 12.3. The van der Waals surface area contributed by atoms with E-state index in [1.807, 2.05) is 36.6 Å². The van der Waals surface area contributed by atoms with Crippen LogP contribution in [0.3, 0.4) is 0 Å². The van der Waals surface area contributed by atoms with Crippen LogP contribution in [-0.4, -0.2) is 22.0 Å². The normalized spacial score (nSPS) is 11.7. The smallest absolute Gasteiger partial charge is 0.239 e. The maximum absolute atomic E-state index is 13.1. The van der Waals surface area contributed by atoms with E-state index in [1.165, 1.54) is 35.2 Å². The number of amides is 2. The van der Waals surface area contributed by atoms with E-state index in [1.54, 1.807) is 12.1 Å². The van der Waals surface area contributed by atoms with E-state index >= 15 is 0 Å². The minimum absolute atomic E-state index is 0.000451. The average molecular weight is 472 g/mol. The molecule has 0 aliphatic heterocycles. The topological polar surface area (TPSA) is 71.1 Å². The number of nitrogens with zero attached hydrogens (tertiary/aromatic N) is 1. The number of hydrogen-bond acceptors (Lipinski definition) is 5. The first-order chi connectivity index (χ1) is 15.5. The van der Waals surface area contributed by atoms with E-state index < -0.39 is 0 Å². The predicted octanol–water partition coefficient (Wildman–Crippen LogP) is 6.59.